The Kier molecular flexibility index (Phi) is 3.62. The van der Waals surface area contributed by atoms with Crippen molar-refractivity contribution in [3.8, 4) is 0 Å². The molecule has 2 heterocycles. The second-order valence-electron chi connectivity index (χ2n) is 4.10. The fourth-order valence-electron chi connectivity index (χ4n) is 1.72. The largest absolute Gasteiger partial charge is 0.335 e. The van der Waals surface area contributed by atoms with E-state index >= 15 is 0 Å². The number of amides is 1. The molecule has 1 aliphatic heterocycles. The van der Waals surface area contributed by atoms with Crippen LogP contribution in [0, 0.1) is 0 Å². The van der Waals surface area contributed by atoms with Gasteiger partial charge in [-0.3, -0.25) is 9.48 Å². The summed E-state index contributed by atoms with van der Waals surface area (Å²) in [6, 6.07) is 0. The van der Waals surface area contributed by atoms with E-state index < -0.39 is 9.84 Å². The van der Waals surface area contributed by atoms with E-state index in [0.29, 0.717) is 13.1 Å². The van der Waals surface area contributed by atoms with Gasteiger partial charge in [0.15, 0.2) is 15.5 Å². The average molecular weight is 273 g/mol. The molecule has 1 fully saturated rings. The molecule has 1 aliphatic rings. The molecule has 0 atom stereocenters. The third kappa shape index (κ3) is 2.85. The first-order valence-electron chi connectivity index (χ1n) is 5.62. The van der Waals surface area contributed by atoms with Crippen molar-refractivity contribution in [2.45, 2.75) is 6.54 Å². The van der Waals surface area contributed by atoms with Crippen LogP contribution in [0.5, 0.6) is 0 Å². The second-order valence-corrected chi connectivity index (χ2v) is 6.40. The van der Waals surface area contributed by atoms with E-state index in [1.165, 1.54) is 15.8 Å². The molecule has 2 N–H and O–H groups in total. The van der Waals surface area contributed by atoms with Gasteiger partial charge in [-0.15, -0.1) is 5.10 Å². The summed E-state index contributed by atoms with van der Waals surface area (Å²) in [5.41, 5.74) is 5.59. The van der Waals surface area contributed by atoms with Gasteiger partial charge < -0.3 is 10.6 Å². The van der Waals surface area contributed by atoms with Crippen molar-refractivity contribution in [3.05, 3.63) is 11.9 Å². The third-order valence-electron chi connectivity index (χ3n) is 2.75. The minimum absolute atomic E-state index is 0.00960. The van der Waals surface area contributed by atoms with Crippen molar-refractivity contribution in [3.63, 3.8) is 0 Å². The minimum atomic E-state index is -2.99. The van der Waals surface area contributed by atoms with Crippen LogP contribution in [0.2, 0.25) is 0 Å². The van der Waals surface area contributed by atoms with Crippen LogP contribution in [-0.4, -0.2) is 65.4 Å². The van der Waals surface area contributed by atoms with Crippen molar-refractivity contribution < 1.29 is 13.2 Å². The number of hydrogen-bond acceptors (Lipinski definition) is 6. The predicted molar refractivity (Wildman–Crippen MR) is 63.6 cm³/mol. The number of nitrogens with zero attached hydrogens (tertiary/aromatic N) is 4. The van der Waals surface area contributed by atoms with Gasteiger partial charge in [-0.2, -0.15) is 0 Å². The van der Waals surface area contributed by atoms with Crippen molar-refractivity contribution in [1.82, 2.24) is 19.9 Å². The summed E-state index contributed by atoms with van der Waals surface area (Å²) in [7, 11) is -2.99. The van der Waals surface area contributed by atoms with E-state index in [1.54, 1.807) is 0 Å². The zero-order valence-corrected chi connectivity index (χ0v) is 10.6. The first-order valence-corrected chi connectivity index (χ1v) is 7.44. The quantitative estimate of drug-likeness (QED) is 0.689. The van der Waals surface area contributed by atoms with Gasteiger partial charge >= 0.3 is 0 Å². The molecule has 0 bridgehead atoms. The van der Waals surface area contributed by atoms with E-state index in [0.717, 1.165) is 0 Å². The van der Waals surface area contributed by atoms with Crippen LogP contribution < -0.4 is 5.73 Å². The summed E-state index contributed by atoms with van der Waals surface area (Å²) < 4.78 is 24.0. The fraction of sp³-hybridized carbons (Fsp3) is 0.667. The Balaban J connectivity index is 2.03. The highest BCUT2D eigenvalue weighted by atomic mass is 32.2. The molecule has 18 heavy (non-hydrogen) atoms. The Hall–Kier alpha value is -1.48. The first kappa shape index (κ1) is 13.0. The van der Waals surface area contributed by atoms with Gasteiger partial charge in [0.2, 0.25) is 0 Å². The molecule has 2 rings (SSSR count). The standard InChI is InChI=1S/C9H15N5O3S/c10-1-2-14-7-8(11-12-14)9(15)13-3-5-18(16,17)6-4-13/h7H,1-6,10H2. The second kappa shape index (κ2) is 5.02. The van der Waals surface area contributed by atoms with Gasteiger partial charge in [0, 0.05) is 19.6 Å². The Bertz CT molecular complexity index is 524. The Morgan fingerprint density at radius 1 is 1.39 bits per heavy atom. The van der Waals surface area contributed by atoms with E-state index in [4.69, 9.17) is 5.73 Å². The van der Waals surface area contributed by atoms with E-state index in [1.807, 2.05) is 0 Å². The summed E-state index contributed by atoms with van der Waals surface area (Å²) in [5.74, 6) is -0.265. The minimum Gasteiger partial charge on any atom is -0.335 e. The van der Waals surface area contributed by atoms with Crippen molar-refractivity contribution in [2.24, 2.45) is 5.73 Å². The number of sulfone groups is 1. The topological polar surface area (TPSA) is 111 Å². The normalized spacial score (nSPS) is 18.8. The maximum atomic E-state index is 12.0. The first-order chi connectivity index (χ1) is 8.52. The Morgan fingerprint density at radius 2 is 2.06 bits per heavy atom. The maximum Gasteiger partial charge on any atom is 0.276 e. The Labute approximate surface area is 105 Å². The van der Waals surface area contributed by atoms with E-state index in [2.05, 4.69) is 10.3 Å². The molecule has 0 saturated carbocycles. The molecule has 8 nitrogen and oxygen atoms in total. The number of aromatic nitrogens is 3. The molecule has 0 unspecified atom stereocenters. The third-order valence-corrected chi connectivity index (χ3v) is 4.36. The summed E-state index contributed by atoms with van der Waals surface area (Å²) in [6.45, 7) is 1.34. The zero-order chi connectivity index (χ0) is 13.2. The van der Waals surface area contributed by atoms with Gasteiger partial charge in [0.25, 0.3) is 5.91 Å². The Morgan fingerprint density at radius 3 is 2.67 bits per heavy atom. The molecular formula is C9H15N5O3S. The SMILES string of the molecule is NCCn1cc(C(=O)N2CCS(=O)(=O)CC2)nn1. The monoisotopic (exact) mass is 273 g/mol. The molecule has 1 aromatic rings. The molecule has 0 radical (unpaired) electrons. The van der Waals surface area contributed by atoms with Gasteiger partial charge in [0.05, 0.1) is 24.2 Å². The maximum absolute atomic E-state index is 12.0. The number of nitrogens with two attached hydrogens (primary N) is 1. The number of hydrogen-bond donors (Lipinski definition) is 1. The van der Waals surface area contributed by atoms with Gasteiger partial charge in [0.1, 0.15) is 0 Å². The van der Waals surface area contributed by atoms with Gasteiger partial charge in [-0.25, -0.2) is 8.42 Å². The highest BCUT2D eigenvalue weighted by molar-refractivity contribution is 7.91. The molecular weight excluding hydrogens is 258 g/mol. The zero-order valence-electron chi connectivity index (χ0n) is 9.82. The molecule has 9 heteroatoms. The van der Waals surface area contributed by atoms with Crippen LogP contribution >= 0.6 is 0 Å². The highest BCUT2D eigenvalue weighted by Gasteiger charge is 2.27. The van der Waals surface area contributed by atoms with Gasteiger partial charge in [-0.1, -0.05) is 5.21 Å². The molecule has 0 spiro atoms. The smallest absolute Gasteiger partial charge is 0.276 e. The van der Waals surface area contributed by atoms with E-state index in [9.17, 15) is 13.2 Å². The average Bonchev–Trinajstić information content (AvgIpc) is 2.77. The van der Waals surface area contributed by atoms with Crippen molar-refractivity contribution in [2.75, 3.05) is 31.1 Å². The molecule has 0 aromatic carbocycles. The van der Waals surface area contributed by atoms with Crippen molar-refractivity contribution in [1.29, 1.82) is 0 Å². The van der Waals surface area contributed by atoms with Crippen LogP contribution in [0.4, 0.5) is 0 Å². The summed E-state index contributed by atoms with van der Waals surface area (Å²) in [6.07, 6.45) is 1.53. The summed E-state index contributed by atoms with van der Waals surface area (Å²) in [4.78, 5) is 13.5. The fourth-order valence-corrected chi connectivity index (χ4v) is 2.92. The molecule has 1 amide bonds. The molecule has 1 saturated heterocycles. The van der Waals surface area contributed by atoms with Crippen LogP contribution in [0.1, 0.15) is 10.5 Å². The lowest BCUT2D eigenvalue weighted by atomic mass is 10.3. The lowest BCUT2D eigenvalue weighted by Gasteiger charge is -2.25. The molecule has 0 aliphatic carbocycles. The summed E-state index contributed by atoms with van der Waals surface area (Å²) in [5, 5.41) is 7.53. The number of rotatable bonds is 3. The highest BCUT2D eigenvalue weighted by Crippen LogP contribution is 2.07. The van der Waals surface area contributed by atoms with Crippen LogP contribution in [0.3, 0.4) is 0 Å². The molecule has 100 valence electrons. The number of carbonyl (C=O) groups excluding carboxylic acids is 1. The van der Waals surface area contributed by atoms with Gasteiger partial charge in [-0.05, 0) is 0 Å². The van der Waals surface area contributed by atoms with Crippen molar-refractivity contribution >= 4 is 15.7 Å². The van der Waals surface area contributed by atoms with Crippen LogP contribution in [0.25, 0.3) is 0 Å². The van der Waals surface area contributed by atoms with E-state index in [-0.39, 0.29) is 36.2 Å². The predicted octanol–water partition coefficient (Wildman–Crippen LogP) is -1.89. The summed E-state index contributed by atoms with van der Waals surface area (Å²) >= 11 is 0. The lowest BCUT2D eigenvalue weighted by Crippen LogP contribution is -2.43. The number of carbonyl (C=O) groups is 1. The van der Waals surface area contributed by atoms with Crippen LogP contribution in [-0.2, 0) is 16.4 Å². The molecule has 1 aromatic heterocycles. The lowest BCUT2D eigenvalue weighted by molar-refractivity contribution is 0.0764. The van der Waals surface area contributed by atoms with Crippen LogP contribution in [0.15, 0.2) is 6.20 Å².